The number of nitrogens with zero attached hydrogens (tertiary/aromatic N) is 3. The van der Waals surface area contributed by atoms with Gasteiger partial charge in [-0.2, -0.15) is 0 Å². The Bertz CT molecular complexity index is 832. The fourth-order valence-electron chi connectivity index (χ4n) is 2.38. The lowest BCUT2D eigenvalue weighted by Gasteiger charge is -2.18. The van der Waals surface area contributed by atoms with Crippen LogP contribution in [-0.4, -0.2) is 45.7 Å². The lowest BCUT2D eigenvalue weighted by molar-refractivity contribution is -0.119. The van der Waals surface area contributed by atoms with Gasteiger partial charge in [-0.15, -0.1) is 10.2 Å². The van der Waals surface area contributed by atoms with Crippen LogP contribution in [0.5, 0.6) is 5.75 Å². The van der Waals surface area contributed by atoms with Gasteiger partial charge in [0.15, 0.2) is 22.5 Å². The summed E-state index contributed by atoms with van der Waals surface area (Å²) in [7, 11) is 1.56. The second kappa shape index (κ2) is 10.0. The number of amides is 3. The number of thioether (sulfide) groups is 1. The van der Waals surface area contributed by atoms with Crippen LogP contribution < -0.4 is 15.8 Å². The van der Waals surface area contributed by atoms with Crippen molar-refractivity contribution in [1.29, 1.82) is 0 Å². The van der Waals surface area contributed by atoms with Crippen LogP contribution in [-0.2, 0) is 16.1 Å². The minimum absolute atomic E-state index is 0.0234. The maximum absolute atomic E-state index is 13.8. The summed E-state index contributed by atoms with van der Waals surface area (Å²) in [6, 6.07) is 4.95. The van der Waals surface area contributed by atoms with Crippen molar-refractivity contribution in [3.8, 4) is 5.75 Å². The van der Waals surface area contributed by atoms with Crippen LogP contribution in [0.1, 0.15) is 25.7 Å². The predicted molar refractivity (Wildman–Crippen MR) is 100 cm³/mol. The first-order valence-corrected chi connectivity index (χ1v) is 9.28. The van der Waals surface area contributed by atoms with E-state index in [9.17, 15) is 14.0 Å². The van der Waals surface area contributed by atoms with E-state index >= 15 is 0 Å². The third kappa shape index (κ3) is 5.67. The molecule has 1 aromatic carbocycles. The molecule has 2 rings (SSSR count). The maximum Gasteiger partial charge on any atom is 0.318 e. The zero-order valence-corrected chi connectivity index (χ0v) is 16.5. The number of hydrogen-bond donors (Lipinski definition) is 2. The van der Waals surface area contributed by atoms with Crippen LogP contribution in [0.2, 0.25) is 0 Å². The van der Waals surface area contributed by atoms with E-state index in [4.69, 9.17) is 15.2 Å². The van der Waals surface area contributed by atoms with Crippen molar-refractivity contribution in [2.75, 3.05) is 13.7 Å². The number of carbonyl (C=O) groups is 2. The maximum atomic E-state index is 13.8. The lowest BCUT2D eigenvalue weighted by Crippen LogP contribution is -2.39. The number of methoxy groups -OCH3 is 1. The first-order valence-electron chi connectivity index (χ1n) is 8.40. The summed E-state index contributed by atoms with van der Waals surface area (Å²) >= 11 is 1.10. The molecule has 3 N–H and O–H groups in total. The minimum atomic E-state index is -0.925. The number of urea groups is 1. The Balaban J connectivity index is 2.20. The molecule has 3 amide bonds. The molecule has 28 heavy (non-hydrogen) atoms. The quantitative estimate of drug-likeness (QED) is 0.604. The van der Waals surface area contributed by atoms with Crippen LogP contribution in [0.4, 0.5) is 9.18 Å². The number of halogens is 1. The highest BCUT2D eigenvalue weighted by molar-refractivity contribution is 8.00. The van der Waals surface area contributed by atoms with Crippen molar-refractivity contribution in [3.05, 3.63) is 35.9 Å². The highest BCUT2D eigenvalue weighted by atomic mass is 32.2. The van der Waals surface area contributed by atoms with Gasteiger partial charge >= 0.3 is 6.03 Å². The summed E-state index contributed by atoms with van der Waals surface area (Å²) in [5.74, 6) is -0.488. The van der Waals surface area contributed by atoms with E-state index in [2.05, 4.69) is 10.2 Å². The first kappa shape index (κ1) is 21.6. The van der Waals surface area contributed by atoms with E-state index in [1.807, 2.05) is 12.2 Å². The van der Waals surface area contributed by atoms with E-state index in [0.717, 1.165) is 11.8 Å². The molecule has 0 radical (unpaired) electrons. The van der Waals surface area contributed by atoms with Gasteiger partial charge in [0.05, 0.1) is 17.9 Å². The van der Waals surface area contributed by atoms with Gasteiger partial charge in [-0.1, -0.05) is 23.9 Å². The molecule has 0 aliphatic heterocycles. The molecule has 152 valence electrons. The predicted octanol–water partition coefficient (Wildman–Crippen LogP) is 1.88. The Morgan fingerprint density at radius 2 is 2.04 bits per heavy atom. The fraction of sp³-hybridized carbons (Fsp3) is 0.412. The number of aromatic nitrogens is 3. The molecular weight excluding hydrogens is 389 g/mol. The number of rotatable bonds is 9. The summed E-state index contributed by atoms with van der Waals surface area (Å²) in [5, 5.41) is 10.0. The number of benzene rings is 1. The second-order valence-electron chi connectivity index (χ2n) is 5.91. The van der Waals surface area contributed by atoms with Crippen LogP contribution in [0, 0.1) is 5.82 Å². The van der Waals surface area contributed by atoms with Gasteiger partial charge < -0.3 is 15.2 Å². The molecule has 0 bridgehead atoms. The van der Waals surface area contributed by atoms with Gasteiger partial charge in [-0.25, -0.2) is 9.18 Å². The molecule has 0 saturated heterocycles. The average molecular weight is 411 g/mol. The van der Waals surface area contributed by atoms with Crippen molar-refractivity contribution in [3.63, 3.8) is 0 Å². The molecule has 9 nitrogen and oxygen atoms in total. The molecular formula is C17H22FN5O4S. The number of nitrogens with one attached hydrogen (secondary N) is 1. The molecule has 0 aliphatic rings. The SMILES string of the molecule is COC[C@H](C)n1c(COc2ccccc2F)nnc1S[C@@H](C)C(=O)NC(N)=O. The second-order valence-corrected chi connectivity index (χ2v) is 7.21. The number of primary amides is 1. The number of imide groups is 1. The zero-order valence-electron chi connectivity index (χ0n) is 15.7. The van der Waals surface area contributed by atoms with Crippen LogP contribution in [0.15, 0.2) is 29.4 Å². The summed E-state index contributed by atoms with van der Waals surface area (Å²) < 4.78 is 26.2. The van der Waals surface area contributed by atoms with Crippen molar-refractivity contribution in [1.82, 2.24) is 20.1 Å². The highest BCUT2D eigenvalue weighted by Gasteiger charge is 2.24. The smallest absolute Gasteiger partial charge is 0.318 e. The third-order valence-electron chi connectivity index (χ3n) is 3.68. The fourth-order valence-corrected chi connectivity index (χ4v) is 3.35. The molecule has 0 aliphatic carbocycles. The number of para-hydroxylation sites is 1. The summed E-state index contributed by atoms with van der Waals surface area (Å²) in [4.78, 5) is 22.8. The van der Waals surface area contributed by atoms with Gasteiger partial charge in [0.1, 0.15) is 6.61 Å². The molecule has 0 saturated carbocycles. The Hall–Kier alpha value is -2.66. The third-order valence-corrected chi connectivity index (χ3v) is 4.73. The van der Waals surface area contributed by atoms with Crippen LogP contribution >= 0.6 is 11.8 Å². The van der Waals surface area contributed by atoms with E-state index < -0.39 is 23.0 Å². The van der Waals surface area contributed by atoms with Crippen LogP contribution in [0.3, 0.4) is 0 Å². The first-order chi connectivity index (χ1) is 13.3. The van der Waals surface area contributed by atoms with Crippen molar-refractivity contribution >= 4 is 23.7 Å². The minimum Gasteiger partial charge on any atom is -0.483 e. The number of carbonyl (C=O) groups excluding carboxylic acids is 2. The number of hydrogen-bond acceptors (Lipinski definition) is 7. The van der Waals surface area contributed by atoms with Gasteiger partial charge in [0.2, 0.25) is 5.91 Å². The number of nitrogens with two attached hydrogens (primary N) is 1. The molecule has 1 heterocycles. The lowest BCUT2D eigenvalue weighted by atomic mass is 10.3. The Morgan fingerprint density at radius 1 is 1.32 bits per heavy atom. The standard InChI is InChI=1S/C17H22FN5O4S/c1-10(8-26-3)23-14(9-27-13-7-5-4-6-12(13)18)21-22-17(23)28-11(2)15(24)20-16(19)25/h4-7,10-11H,8-9H2,1-3H3,(H3,19,20,24,25)/t10-,11-/m0/s1. The van der Waals surface area contributed by atoms with Crippen LogP contribution in [0.25, 0.3) is 0 Å². The summed E-state index contributed by atoms with van der Waals surface area (Å²) in [6.07, 6.45) is 0. The zero-order chi connectivity index (χ0) is 20.7. The summed E-state index contributed by atoms with van der Waals surface area (Å²) in [6.45, 7) is 3.83. The molecule has 11 heteroatoms. The van der Waals surface area contributed by atoms with E-state index in [-0.39, 0.29) is 18.4 Å². The van der Waals surface area contributed by atoms with E-state index in [1.54, 1.807) is 30.7 Å². The topological polar surface area (TPSA) is 121 Å². The molecule has 2 atom stereocenters. The van der Waals surface area contributed by atoms with Crippen molar-refractivity contribution < 1.29 is 23.5 Å². The van der Waals surface area contributed by atoms with Gasteiger partial charge in [-0.05, 0) is 26.0 Å². The Morgan fingerprint density at radius 3 is 2.68 bits per heavy atom. The van der Waals surface area contributed by atoms with Crippen molar-refractivity contribution in [2.24, 2.45) is 5.73 Å². The molecule has 0 unspecified atom stereocenters. The number of ether oxygens (including phenoxy) is 2. The molecule has 0 fully saturated rings. The summed E-state index contributed by atoms with van der Waals surface area (Å²) in [5.41, 5.74) is 4.98. The van der Waals surface area contributed by atoms with Gasteiger partial charge in [0.25, 0.3) is 0 Å². The Kier molecular flexibility index (Phi) is 7.76. The molecule has 2 aromatic rings. The van der Waals surface area contributed by atoms with Gasteiger partial charge in [-0.3, -0.25) is 14.7 Å². The molecule has 1 aromatic heterocycles. The molecule has 0 spiro atoms. The average Bonchev–Trinajstić information content (AvgIpc) is 3.03. The normalized spacial score (nSPS) is 13.0. The Labute approximate surface area is 165 Å². The van der Waals surface area contributed by atoms with E-state index in [1.165, 1.54) is 12.1 Å². The van der Waals surface area contributed by atoms with E-state index in [0.29, 0.717) is 17.6 Å². The van der Waals surface area contributed by atoms with Gasteiger partial charge in [0, 0.05) is 7.11 Å². The highest BCUT2D eigenvalue weighted by Crippen LogP contribution is 2.27. The largest absolute Gasteiger partial charge is 0.483 e. The van der Waals surface area contributed by atoms with Crippen molar-refractivity contribution in [2.45, 2.75) is 36.9 Å². The monoisotopic (exact) mass is 411 g/mol.